The van der Waals surface area contributed by atoms with Crippen LogP contribution in [0.25, 0.3) is 0 Å². The molecule has 2 amide bonds. The van der Waals surface area contributed by atoms with Crippen molar-refractivity contribution in [3.63, 3.8) is 0 Å². The van der Waals surface area contributed by atoms with Crippen LogP contribution in [0.15, 0.2) is 106 Å². The molecule has 0 radical (unpaired) electrons. The van der Waals surface area contributed by atoms with Crippen molar-refractivity contribution in [3.8, 4) is 5.75 Å². The highest BCUT2D eigenvalue weighted by Gasteiger charge is 2.31. The zero-order valence-electron chi connectivity index (χ0n) is 35.7. The number of alkyl halides is 3. The van der Waals surface area contributed by atoms with Gasteiger partial charge in [0, 0.05) is 35.6 Å². The lowest BCUT2D eigenvalue weighted by Gasteiger charge is -2.29. The minimum absolute atomic E-state index is 0.00936. The highest BCUT2D eigenvalue weighted by atomic mass is 19.4. The van der Waals surface area contributed by atoms with Crippen LogP contribution in [0.1, 0.15) is 109 Å². The predicted octanol–water partition coefficient (Wildman–Crippen LogP) is 10.6. The summed E-state index contributed by atoms with van der Waals surface area (Å²) in [6.45, 7) is 0. The second-order valence-corrected chi connectivity index (χ2v) is 16.5. The number of anilines is 6. The molecule has 0 saturated heterocycles. The summed E-state index contributed by atoms with van der Waals surface area (Å²) in [7, 11) is 0. The van der Waals surface area contributed by atoms with Gasteiger partial charge in [0.15, 0.2) is 0 Å². The van der Waals surface area contributed by atoms with Gasteiger partial charge in [-0.1, -0.05) is 34.5 Å². The smallest absolute Gasteiger partial charge is 0.406 e. The second-order valence-electron chi connectivity index (χ2n) is 16.5. The van der Waals surface area contributed by atoms with E-state index in [0.717, 1.165) is 74.6 Å². The third kappa shape index (κ3) is 13.0. The first-order chi connectivity index (χ1) is 32.3. The van der Waals surface area contributed by atoms with Gasteiger partial charge < -0.3 is 39.6 Å². The van der Waals surface area contributed by atoms with E-state index in [1.807, 2.05) is 24.3 Å². The van der Waals surface area contributed by atoms with Crippen molar-refractivity contribution in [2.75, 3.05) is 21.3 Å². The Labute approximate surface area is 380 Å². The monoisotopic (exact) mass is 924 g/mol. The number of benzene rings is 4. The molecule has 348 valence electrons. The number of aromatic nitrogens is 4. The SMILES string of the molecule is O=C(CC1CCC(c2ccc(NC(=O)c3nnc(Nc4ccc(F)cc4)o3)cc2)CC1)OC(=O)CC1CCC(c2ccc(NC(=O)c3nnc(Nc4ccc(OC(F)(F)F)cc4)o3)cc2)CC1. The van der Waals surface area contributed by atoms with Crippen LogP contribution in [0.2, 0.25) is 0 Å². The van der Waals surface area contributed by atoms with Gasteiger partial charge in [-0.3, -0.25) is 19.2 Å². The summed E-state index contributed by atoms with van der Waals surface area (Å²) in [4.78, 5) is 51.0. The quantitative estimate of drug-likeness (QED) is 0.0429. The van der Waals surface area contributed by atoms with Crippen LogP contribution < -0.4 is 26.0 Å². The highest BCUT2D eigenvalue weighted by Crippen LogP contribution is 2.39. The van der Waals surface area contributed by atoms with Gasteiger partial charge in [-0.15, -0.1) is 23.4 Å². The Hall–Kier alpha value is -7.64. The molecular formula is C47H44F4N8O8. The summed E-state index contributed by atoms with van der Waals surface area (Å²) in [5.74, 6) is -2.75. The van der Waals surface area contributed by atoms with Gasteiger partial charge in [-0.2, -0.15) is 0 Å². The van der Waals surface area contributed by atoms with E-state index in [0.29, 0.717) is 28.7 Å². The number of ether oxygens (including phenoxy) is 2. The number of nitrogens with zero attached hydrogens (tertiary/aromatic N) is 4. The first-order valence-electron chi connectivity index (χ1n) is 21.7. The first kappa shape index (κ1) is 45.9. The van der Waals surface area contributed by atoms with E-state index in [9.17, 15) is 36.7 Å². The van der Waals surface area contributed by atoms with Gasteiger partial charge in [0.2, 0.25) is 0 Å². The van der Waals surface area contributed by atoms with E-state index in [4.69, 9.17) is 13.6 Å². The van der Waals surface area contributed by atoms with Crippen molar-refractivity contribution < 1.29 is 55.0 Å². The molecule has 20 heteroatoms. The number of hydrogen-bond acceptors (Lipinski definition) is 14. The van der Waals surface area contributed by atoms with Gasteiger partial charge in [0.05, 0.1) is 0 Å². The zero-order chi connectivity index (χ0) is 46.9. The van der Waals surface area contributed by atoms with E-state index in [2.05, 4.69) is 46.4 Å². The number of hydrogen-bond donors (Lipinski definition) is 4. The van der Waals surface area contributed by atoms with Crippen LogP contribution in [0.3, 0.4) is 0 Å². The number of halogens is 4. The van der Waals surface area contributed by atoms with Crippen molar-refractivity contribution in [2.45, 2.75) is 82.4 Å². The molecule has 2 aliphatic carbocycles. The molecule has 2 fully saturated rings. The minimum atomic E-state index is -4.81. The molecule has 8 rings (SSSR count). The Morgan fingerprint density at radius 3 is 1.33 bits per heavy atom. The topological polar surface area (TPSA) is 213 Å². The molecule has 2 aromatic heterocycles. The summed E-state index contributed by atoms with van der Waals surface area (Å²) in [5.41, 5.74) is 4.13. The van der Waals surface area contributed by atoms with Gasteiger partial charge in [-0.25, -0.2) is 4.39 Å². The van der Waals surface area contributed by atoms with E-state index in [-0.39, 0.29) is 60.2 Å². The molecule has 6 aromatic rings. The Bertz CT molecular complexity index is 2640. The fourth-order valence-corrected chi connectivity index (χ4v) is 8.38. The molecule has 0 spiro atoms. The predicted molar refractivity (Wildman–Crippen MR) is 233 cm³/mol. The molecule has 0 unspecified atom stereocenters. The zero-order valence-corrected chi connectivity index (χ0v) is 35.7. The maximum absolute atomic E-state index is 13.2. The summed E-state index contributed by atoms with van der Waals surface area (Å²) in [5, 5.41) is 26.1. The van der Waals surface area contributed by atoms with Crippen molar-refractivity contribution in [1.82, 2.24) is 20.4 Å². The third-order valence-electron chi connectivity index (χ3n) is 11.8. The number of carbonyl (C=O) groups excluding carboxylic acids is 4. The molecular weight excluding hydrogens is 881 g/mol. The van der Waals surface area contributed by atoms with Crippen molar-refractivity contribution in [1.29, 1.82) is 0 Å². The number of carbonyl (C=O) groups is 4. The summed E-state index contributed by atoms with van der Waals surface area (Å²) in [6, 6.07) is 25.2. The molecule has 2 saturated carbocycles. The lowest BCUT2D eigenvalue weighted by atomic mass is 9.77. The fraction of sp³-hybridized carbons (Fsp3) is 0.319. The number of rotatable bonds is 15. The van der Waals surface area contributed by atoms with Crippen LogP contribution in [-0.4, -0.2) is 50.5 Å². The average molecular weight is 925 g/mol. The normalized spacial score (nSPS) is 18.3. The van der Waals surface area contributed by atoms with Crippen LogP contribution in [0.5, 0.6) is 5.75 Å². The van der Waals surface area contributed by atoms with Gasteiger partial charge in [0.25, 0.3) is 0 Å². The van der Waals surface area contributed by atoms with Crippen molar-refractivity contribution in [2.24, 2.45) is 11.8 Å². The largest absolute Gasteiger partial charge is 0.573 e. The van der Waals surface area contributed by atoms with E-state index >= 15 is 0 Å². The Balaban J connectivity index is 0.700. The molecule has 2 heterocycles. The van der Waals surface area contributed by atoms with Crippen LogP contribution in [-0.2, 0) is 14.3 Å². The molecule has 0 atom stereocenters. The van der Waals surface area contributed by atoms with Gasteiger partial charge in [0.1, 0.15) is 11.6 Å². The Morgan fingerprint density at radius 1 is 0.537 bits per heavy atom. The third-order valence-corrected chi connectivity index (χ3v) is 11.8. The first-order valence-corrected chi connectivity index (χ1v) is 21.7. The average Bonchev–Trinajstić information content (AvgIpc) is 3.99. The van der Waals surface area contributed by atoms with E-state index in [1.54, 1.807) is 24.3 Å². The maximum atomic E-state index is 13.2. The summed E-state index contributed by atoms with van der Waals surface area (Å²) < 4.78 is 70.3. The molecule has 4 aromatic carbocycles. The number of esters is 2. The molecule has 2 aliphatic rings. The van der Waals surface area contributed by atoms with Crippen LogP contribution >= 0.6 is 0 Å². The molecule has 4 N–H and O–H groups in total. The van der Waals surface area contributed by atoms with Gasteiger partial charge >= 0.3 is 53.9 Å². The van der Waals surface area contributed by atoms with Crippen LogP contribution in [0, 0.1) is 17.7 Å². The molecule has 0 bridgehead atoms. The Kier molecular flexibility index (Phi) is 14.2. The molecule has 16 nitrogen and oxygen atoms in total. The maximum Gasteiger partial charge on any atom is 0.573 e. The Morgan fingerprint density at radius 2 is 0.925 bits per heavy atom. The van der Waals surface area contributed by atoms with E-state index < -0.39 is 35.9 Å². The van der Waals surface area contributed by atoms with E-state index in [1.165, 1.54) is 36.4 Å². The summed E-state index contributed by atoms with van der Waals surface area (Å²) >= 11 is 0. The highest BCUT2D eigenvalue weighted by molar-refractivity contribution is 6.01. The second kappa shape index (κ2) is 20.7. The lowest BCUT2D eigenvalue weighted by Crippen LogP contribution is -2.22. The minimum Gasteiger partial charge on any atom is -0.406 e. The number of nitrogens with one attached hydrogen (secondary N) is 4. The summed E-state index contributed by atoms with van der Waals surface area (Å²) in [6.07, 6.45) is 2.29. The van der Waals surface area contributed by atoms with Crippen LogP contribution in [0.4, 0.5) is 52.3 Å². The lowest BCUT2D eigenvalue weighted by molar-refractivity contribution is -0.274. The molecule has 67 heavy (non-hydrogen) atoms. The van der Waals surface area contributed by atoms with Crippen molar-refractivity contribution >= 4 is 58.5 Å². The van der Waals surface area contributed by atoms with Crippen molar-refractivity contribution in [3.05, 3.63) is 126 Å². The standard InChI is InChI=1S/C47H44F4N8O8/c48-33-13-19-36(20-14-33)54-45-58-56-43(65-45)41(62)52-34-15-9-31(10-16-34)29-5-1-27(2-6-29)25-39(60)64-40(61)26-28-3-7-30(8-4-28)32-11-17-35(18-12-32)53-42(63)44-57-59-46(66-44)55-37-21-23-38(24-22-37)67-47(49,50)51/h9-24,27-30H,1-8,25-26H2,(H,52,62)(H,53,63)(H,54,58)(H,55,59). The molecule has 0 aliphatic heterocycles. The fourth-order valence-electron chi connectivity index (χ4n) is 8.38. The number of amides is 2. The van der Waals surface area contributed by atoms with Gasteiger partial charge in [-0.05, 0) is 159 Å².